The molecule has 168 valence electrons. The zero-order valence-corrected chi connectivity index (χ0v) is 18.0. The molecule has 2 fully saturated rings. The molecule has 0 spiro atoms. The van der Waals surface area contributed by atoms with Crippen LogP contribution in [0.1, 0.15) is 43.0 Å². The highest BCUT2D eigenvalue weighted by Crippen LogP contribution is 2.43. The van der Waals surface area contributed by atoms with Crippen molar-refractivity contribution >= 4 is 29.4 Å². The molecular formula is C23H24N8O2. The van der Waals surface area contributed by atoms with E-state index >= 15 is 0 Å². The third-order valence-corrected chi connectivity index (χ3v) is 6.99. The molecule has 3 aliphatic heterocycles. The lowest BCUT2D eigenvalue weighted by Crippen LogP contribution is -2.49. The summed E-state index contributed by atoms with van der Waals surface area (Å²) in [6, 6.07) is 5.97. The number of amides is 1. The number of hydrogen-bond acceptors (Lipinski definition) is 8. The SMILES string of the molecule is Nc1cc(C2C[C@H]3CC[C@@H](C2)N3C(=O)C2=NC=NC2)nc2c(-c3ccc(CO)nc3)cnn12. The smallest absolute Gasteiger partial charge is 0.270 e. The average molecular weight is 444 g/mol. The number of anilines is 1. The van der Waals surface area contributed by atoms with Crippen LogP contribution in [0, 0.1) is 0 Å². The second-order valence-corrected chi connectivity index (χ2v) is 8.89. The van der Waals surface area contributed by atoms with Crippen LogP contribution in [-0.4, -0.2) is 66.2 Å². The van der Waals surface area contributed by atoms with Crippen molar-refractivity contribution in [3.8, 4) is 11.1 Å². The Hall–Kier alpha value is -3.66. The Kier molecular flexibility index (Phi) is 4.68. The monoisotopic (exact) mass is 444 g/mol. The van der Waals surface area contributed by atoms with Crippen LogP contribution in [0.2, 0.25) is 0 Å². The first-order valence-corrected chi connectivity index (χ1v) is 11.2. The van der Waals surface area contributed by atoms with Crippen LogP contribution in [0.25, 0.3) is 16.8 Å². The standard InChI is InChI=1S/C23H24N8O2/c24-21-7-19(29-22-18(9-28-31(21)22)13-1-2-15(11-32)26-8-13)14-5-16-3-4-17(6-14)30(16)23(33)20-10-25-12-27-20/h1-2,7-9,12,14,16-17,32H,3-6,10-11,24H2/t14?,16-,17+. The summed E-state index contributed by atoms with van der Waals surface area (Å²) >= 11 is 0. The van der Waals surface area contributed by atoms with E-state index in [2.05, 4.69) is 20.1 Å². The number of hydrogen-bond donors (Lipinski definition) is 2. The maximum Gasteiger partial charge on any atom is 0.270 e. The molecule has 0 saturated carbocycles. The molecular weight excluding hydrogens is 420 g/mol. The minimum Gasteiger partial charge on any atom is -0.390 e. The third-order valence-electron chi connectivity index (χ3n) is 6.99. The highest BCUT2D eigenvalue weighted by atomic mass is 16.3. The van der Waals surface area contributed by atoms with Gasteiger partial charge in [-0.2, -0.15) is 9.61 Å². The number of fused-ring (bicyclic) bond motifs is 3. The van der Waals surface area contributed by atoms with Gasteiger partial charge in [0.05, 0.1) is 25.0 Å². The summed E-state index contributed by atoms with van der Waals surface area (Å²) in [7, 11) is 0. The van der Waals surface area contributed by atoms with Crippen molar-refractivity contribution < 1.29 is 9.90 Å². The maximum absolute atomic E-state index is 13.0. The second kappa shape index (κ2) is 7.73. The number of aromatic nitrogens is 4. The molecule has 6 rings (SSSR count). The molecule has 10 heteroatoms. The van der Waals surface area contributed by atoms with Crippen LogP contribution in [0.15, 0.2) is 40.6 Å². The minimum atomic E-state index is -0.103. The molecule has 1 unspecified atom stereocenters. The van der Waals surface area contributed by atoms with E-state index in [-0.39, 0.29) is 30.5 Å². The number of aliphatic hydroxyl groups excluding tert-OH is 1. The quantitative estimate of drug-likeness (QED) is 0.627. The highest BCUT2D eigenvalue weighted by molar-refractivity contribution is 6.41. The van der Waals surface area contributed by atoms with E-state index in [0.29, 0.717) is 29.4 Å². The number of piperidine rings is 1. The lowest BCUT2D eigenvalue weighted by molar-refractivity contribution is -0.128. The van der Waals surface area contributed by atoms with E-state index < -0.39 is 0 Å². The number of nitrogen functional groups attached to an aromatic ring is 1. The molecule has 6 heterocycles. The number of rotatable bonds is 4. The maximum atomic E-state index is 13.0. The molecule has 0 aromatic carbocycles. The molecule has 3 aromatic heterocycles. The van der Waals surface area contributed by atoms with Gasteiger partial charge in [-0.1, -0.05) is 6.07 Å². The molecule has 0 radical (unpaired) electrons. The summed E-state index contributed by atoms with van der Waals surface area (Å²) in [6.07, 6.45) is 8.64. The predicted octanol–water partition coefficient (Wildman–Crippen LogP) is 1.59. The van der Waals surface area contributed by atoms with Crippen LogP contribution in [0.3, 0.4) is 0 Å². The topological polar surface area (TPSA) is 134 Å². The highest BCUT2D eigenvalue weighted by Gasteiger charge is 2.45. The van der Waals surface area contributed by atoms with Crippen LogP contribution >= 0.6 is 0 Å². The first-order chi connectivity index (χ1) is 16.1. The van der Waals surface area contributed by atoms with Gasteiger partial charge in [0.25, 0.3) is 5.91 Å². The average Bonchev–Trinajstić information content (AvgIpc) is 3.57. The normalized spacial score (nSPS) is 24.0. The largest absolute Gasteiger partial charge is 0.390 e. The van der Waals surface area contributed by atoms with E-state index in [1.807, 2.05) is 17.0 Å². The Morgan fingerprint density at radius 2 is 2.00 bits per heavy atom. The molecule has 33 heavy (non-hydrogen) atoms. The van der Waals surface area contributed by atoms with E-state index in [9.17, 15) is 9.90 Å². The number of pyridine rings is 1. The molecule has 3 atom stereocenters. The van der Waals surface area contributed by atoms with Gasteiger partial charge in [0.2, 0.25) is 0 Å². The van der Waals surface area contributed by atoms with Crippen molar-refractivity contribution in [2.75, 3.05) is 12.3 Å². The van der Waals surface area contributed by atoms with Crippen LogP contribution in [0.5, 0.6) is 0 Å². The Balaban J connectivity index is 1.31. The van der Waals surface area contributed by atoms with Gasteiger partial charge in [-0.15, -0.1) is 0 Å². The van der Waals surface area contributed by atoms with E-state index in [1.54, 1.807) is 23.0 Å². The summed E-state index contributed by atoms with van der Waals surface area (Å²) < 4.78 is 1.64. The lowest BCUT2D eigenvalue weighted by atomic mass is 9.87. The van der Waals surface area contributed by atoms with Gasteiger partial charge in [0.15, 0.2) is 5.65 Å². The summed E-state index contributed by atoms with van der Waals surface area (Å²) in [5.41, 5.74) is 10.8. The molecule has 3 aliphatic rings. The van der Waals surface area contributed by atoms with Gasteiger partial charge < -0.3 is 15.7 Å². The van der Waals surface area contributed by atoms with Gasteiger partial charge in [0, 0.05) is 47.1 Å². The first-order valence-electron chi connectivity index (χ1n) is 11.2. The molecule has 1 amide bonds. The van der Waals surface area contributed by atoms with E-state index in [4.69, 9.17) is 10.7 Å². The minimum absolute atomic E-state index is 0.0262. The van der Waals surface area contributed by atoms with Crippen molar-refractivity contribution in [1.29, 1.82) is 0 Å². The van der Waals surface area contributed by atoms with Crippen molar-refractivity contribution in [1.82, 2.24) is 24.5 Å². The molecule has 10 nitrogen and oxygen atoms in total. The number of nitrogens with two attached hydrogens (primary N) is 1. The number of aliphatic imine (C=N–C) groups is 2. The Morgan fingerprint density at radius 3 is 2.67 bits per heavy atom. The zero-order chi connectivity index (χ0) is 22.5. The van der Waals surface area contributed by atoms with Gasteiger partial charge >= 0.3 is 0 Å². The number of carbonyl (C=O) groups excluding carboxylic acids is 1. The van der Waals surface area contributed by atoms with Crippen molar-refractivity contribution in [2.24, 2.45) is 9.98 Å². The summed E-state index contributed by atoms with van der Waals surface area (Å²) in [5.74, 6) is 0.779. The van der Waals surface area contributed by atoms with Crippen molar-refractivity contribution in [2.45, 2.75) is 50.3 Å². The molecule has 0 aliphatic carbocycles. The summed E-state index contributed by atoms with van der Waals surface area (Å²) in [4.78, 5) is 32.5. The molecule has 3 N–H and O–H groups in total. The van der Waals surface area contributed by atoms with Gasteiger partial charge in [-0.05, 0) is 31.7 Å². The Morgan fingerprint density at radius 1 is 1.18 bits per heavy atom. The van der Waals surface area contributed by atoms with Crippen LogP contribution < -0.4 is 5.73 Å². The number of nitrogens with zero attached hydrogens (tertiary/aromatic N) is 7. The molecule has 2 bridgehead atoms. The fourth-order valence-electron chi connectivity index (χ4n) is 5.40. The third kappa shape index (κ3) is 3.29. The predicted molar refractivity (Wildman–Crippen MR) is 123 cm³/mol. The fraction of sp³-hybridized carbons (Fsp3) is 0.391. The Labute approximate surface area is 189 Å². The van der Waals surface area contributed by atoms with Gasteiger partial charge in [-0.25, -0.2) is 9.98 Å². The Bertz CT molecular complexity index is 1280. The zero-order valence-electron chi connectivity index (χ0n) is 18.0. The molecule has 2 saturated heterocycles. The van der Waals surface area contributed by atoms with Gasteiger partial charge in [0.1, 0.15) is 17.9 Å². The number of carbonyl (C=O) groups is 1. The summed E-state index contributed by atoms with van der Waals surface area (Å²) in [6.45, 7) is 0.277. The van der Waals surface area contributed by atoms with E-state index in [0.717, 1.165) is 42.5 Å². The van der Waals surface area contributed by atoms with Crippen LogP contribution in [-0.2, 0) is 11.4 Å². The van der Waals surface area contributed by atoms with Crippen molar-refractivity contribution in [3.05, 3.63) is 42.0 Å². The van der Waals surface area contributed by atoms with Crippen LogP contribution in [0.4, 0.5) is 5.82 Å². The fourth-order valence-corrected chi connectivity index (χ4v) is 5.40. The number of aliphatic hydroxyl groups is 1. The lowest BCUT2D eigenvalue weighted by Gasteiger charge is -2.38. The van der Waals surface area contributed by atoms with Gasteiger partial charge in [-0.3, -0.25) is 14.8 Å². The van der Waals surface area contributed by atoms with Crippen molar-refractivity contribution in [3.63, 3.8) is 0 Å². The first kappa shape index (κ1) is 20.0. The van der Waals surface area contributed by atoms with E-state index in [1.165, 1.54) is 6.34 Å². The second-order valence-electron chi connectivity index (χ2n) is 8.89. The summed E-state index contributed by atoms with van der Waals surface area (Å²) in [5, 5.41) is 13.7. The molecule has 3 aromatic rings.